The van der Waals surface area contributed by atoms with E-state index in [-0.39, 0.29) is 41.5 Å². The van der Waals surface area contributed by atoms with Crippen LogP contribution in [-0.2, 0) is 16.1 Å². The van der Waals surface area contributed by atoms with Crippen molar-refractivity contribution in [1.29, 1.82) is 5.26 Å². The number of nitrogens with zero attached hydrogens (tertiary/aromatic N) is 7. The summed E-state index contributed by atoms with van der Waals surface area (Å²) in [7, 11) is 1.97. The van der Waals surface area contributed by atoms with E-state index < -0.39 is 11.4 Å². The number of halogens is 1. The molecular formula is C33H35FN8O3. The summed E-state index contributed by atoms with van der Waals surface area (Å²) in [6, 6.07) is 15.8. The number of ether oxygens (including phenoxy) is 2. The average molecular weight is 611 g/mol. The second-order valence-corrected chi connectivity index (χ2v) is 12.0. The van der Waals surface area contributed by atoms with Crippen molar-refractivity contribution < 1.29 is 18.7 Å². The largest absolute Gasteiger partial charge is 0.457 e. The topological polar surface area (TPSA) is 135 Å². The Bertz CT molecular complexity index is 1790. The third-order valence-electron chi connectivity index (χ3n) is 8.68. The number of amides is 1. The van der Waals surface area contributed by atoms with E-state index in [4.69, 9.17) is 20.3 Å². The van der Waals surface area contributed by atoms with Crippen LogP contribution in [0.25, 0.3) is 22.3 Å². The van der Waals surface area contributed by atoms with Crippen LogP contribution in [0.15, 0.2) is 66.5 Å². The van der Waals surface area contributed by atoms with Crippen LogP contribution in [0.5, 0.6) is 11.5 Å². The van der Waals surface area contributed by atoms with E-state index >= 15 is 4.39 Å². The van der Waals surface area contributed by atoms with Crippen molar-refractivity contribution in [3.8, 4) is 28.8 Å². The zero-order valence-corrected chi connectivity index (χ0v) is 25.5. The van der Waals surface area contributed by atoms with Crippen LogP contribution >= 0.6 is 0 Å². The molecule has 0 radical (unpaired) electrons. The molecule has 4 heterocycles. The molecule has 1 amide bonds. The first-order valence-corrected chi connectivity index (χ1v) is 14.9. The molecule has 4 aromatic rings. The molecule has 2 aliphatic heterocycles. The zero-order valence-electron chi connectivity index (χ0n) is 25.5. The number of anilines is 1. The Kier molecular flexibility index (Phi) is 8.22. The first-order valence-electron chi connectivity index (χ1n) is 14.9. The van der Waals surface area contributed by atoms with Crippen molar-refractivity contribution in [2.45, 2.75) is 50.9 Å². The van der Waals surface area contributed by atoms with E-state index in [1.54, 1.807) is 39.9 Å². The molecule has 2 aromatic heterocycles. The van der Waals surface area contributed by atoms with Gasteiger partial charge in [-0.3, -0.25) is 9.69 Å². The Morgan fingerprint density at radius 1 is 1.22 bits per heavy atom. The summed E-state index contributed by atoms with van der Waals surface area (Å²) < 4.78 is 28.3. The highest BCUT2D eigenvalue weighted by atomic mass is 19.1. The van der Waals surface area contributed by atoms with Crippen molar-refractivity contribution in [3.05, 3.63) is 72.3 Å². The molecule has 0 bridgehead atoms. The summed E-state index contributed by atoms with van der Waals surface area (Å²) in [6.07, 6.45) is 4.57. The molecule has 2 saturated heterocycles. The van der Waals surface area contributed by atoms with Crippen LogP contribution < -0.4 is 10.5 Å². The third kappa shape index (κ3) is 5.96. The molecule has 2 aliphatic rings. The fourth-order valence-corrected chi connectivity index (χ4v) is 5.88. The van der Waals surface area contributed by atoms with Crippen LogP contribution in [0.2, 0.25) is 0 Å². The van der Waals surface area contributed by atoms with E-state index in [2.05, 4.69) is 20.9 Å². The number of likely N-dealkylation sites (tertiary alicyclic amines) is 1. The van der Waals surface area contributed by atoms with Crippen LogP contribution in [0.3, 0.4) is 0 Å². The maximum absolute atomic E-state index is 15.6. The van der Waals surface area contributed by atoms with Crippen molar-refractivity contribution in [2.24, 2.45) is 0 Å². The summed E-state index contributed by atoms with van der Waals surface area (Å²) in [4.78, 5) is 26.2. The Hall–Kier alpha value is -4.86. The quantitative estimate of drug-likeness (QED) is 0.214. The van der Waals surface area contributed by atoms with Crippen LogP contribution in [0.4, 0.5) is 10.2 Å². The van der Waals surface area contributed by atoms with Crippen molar-refractivity contribution in [2.75, 3.05) is 32.5 Å². The molecule has 0 unspecified atom stereocenters. The molecule has 12 heteroatoms. The summed E-state index contributed by atoms with van der Waals surface area (Å²) in [5.41, 5.74) is 6.79. The number of hydrogen-bond acceptors (Lipinski definition) is 9. The maximum Gasteiger partial charge on any atom is 0.264 e. The van der Waals surface area contributed by atoms with Gasteiger partial charge in [0.2, 0.25) is 0 Å². The second kappa shape index (κ2) is 12.3. The van der Waals surface area contributed by atoms with Gasteiger partial charge in [0.05, 0.1) is 37.2 Å². The number of hydrogen-bond donors (Lipinski definition) is 1. The van der Waals surface area contributed by atoms with Gasteiger partial charge in [-0.1, -0.05) is 18.2 Å². The van der Waals surface area contributed by atoms with Gasteiger partial charge in [-0.2, -0.15) is 10.4 Å². The standard InChI is InChI=1S/C33H35FN8O3/c1-33(2,40(3)23-18-44-19-23)15-21(16-35)32(43)41-13-7-8-22(41)17-42-31-28(30(36)37-20-38-31)29(39-42)26-12-11-25(14-27(26)34)45-24-9-5-4-6-10-24/h4-6,9-12,14-15,20,22-23H,7-8,13,17-19H2,1-3H3,(H2,36,37,38)/b21-15-/t22-/m0/s1. The first kappa shape index (κ1) is 30.2. The smallest absolute Gasteiger partial charge is 0.264 e. The van der Waals surface area contributed by atoms with Crippen molar-refractivity contribution >= 4 is 22.8 Å². The first-order chi connectivity index (χ1) is 21.7. The number of nitrogen functional groups attached to an aromatic ring is 1. The molecular weight excluding hydrogens is 575 g/mol. The number of fused-ring (bicyclic) bond motifs is 1. The molecule has 0 saturated carbocycles. The number of aromatic nitrogens is 4. The minimum atomic E-state index is -0.541. The van der Waals surface area contributed by atoms with Gasteiger partial charge in [-0.05, 0) is 64.1 Å². The van der Waals surface area contributed by atoms with Gasteiger partial charge in [0.25, 0.3) is 5.91 Å². The average Bonchev–Trinajstić information content (AvgIpc) is 3.61. The lowest BCUT2D eigenvalue weighted by Crippen LogP contribution is -2.55. The Labute approximate surface area is 260 Å². The van der Waals surface area contributed by atoms with Gasteiger partial charge in [-0.25, -0.2) is 19.0 Å². The highest BCUT2D eigenvalue weighted by Crippen LogP contribution is 2.35. The van der Waals surface area contributed by atoms with Gasteiger partial charge in [0, 0.05) is 23.7 Å². The lowest BCUT2D eigenvalue weighted by Gasteiger charge is -2.43. The number of likely N-dealkylation sites (N-methyl/N-ethyl adjacent to an activating group) is 1. The van der Waals surface area contributed by atoms with Crippen molar-refractivity contribution in [1.82, 2.24) is 29.5 Å². The summed E-state index contributed by atoms with van der Waals surface area (Å²) in [5, 5.41) is 15.2. The minimum absolute atomic E-state index is 0.0939. The molecule has 2 N–H and O–H groups in total. The predicted octanol–water partition coefficient (Wildman–Crippen LogP) is 4.56. The summed E-state index contributed by atoms with van der Waals surface area (Å²) in [6.45, 7) is 6.02. The lowest BCUT2D eigenvalue weighted by atomic mass is 9.96. The van der Waals surface area contributed by atoms with Crippen molar-refractivity contribution in [3.63, 3.8) is 0 Å². The number of nitrogens with two attached hydrogens (primary N) is 1. The summed E-state index contributed by atoms with van der Waals surface area (Å²) in [5.74, 6) is 0.235. The van der Waals surface area contributed by atoms with Gasteiger partial charge in [0.15, 0.2) is 5.65 Å². The van der Waals surface area contributed by atoms with E-state index in [1.165, 1.54) is 12.4 Å². The predicted molar refractivity (Wildman–Crippen MR) is 167 cm³/mol. The van der Waals surface area contributed by atoms with E-state index in [0.717, 1.165) is 6.42 Å². The number of nitriles is 1. The van der Waals surface area contributed by atoms with Crippen LogP contribution in [-0.4, -0.2) is 79.9 Å². The van der Waals surface area contributed by atoms with Gasteiger partial charge < -0.3 is 20.1 Å². The normalized spacial score (nSPS) is 17.5. The fraction of sp³-hybridized carbons (Fsp3) is 0.364. The Morgan fingerprint density at radius 2 is 2.00 bits per heavy atom. The molecule has 232 valence electrons. The Balaban J connectivity index is 1.28. The fourth-order valence-electron chi connectivity index (χ4n) is 5.88. The Morgan fingerprint density at radius 3 is 2.69 bits per heavy atom. The molecule has 6 rings (SSSR count). The van der Waals surface area contributed by atoms with E-state index in [0.29, 0.717) is 54.4 Å². The molecule has 2 aromatic carbocycles. The number of benzene rings is 2. The summed E-state index contributed by atoms with van der Waals surface area (Å²) >= 11 is 0. The van der Waals surface area contributed by atoms with Gasteiger partial charge in [0.1, 0.15) is 46.8 Å². The minimum Gasteiger partial charge on any atom is -0.457 e. The number of carbonyl (C=O) groups is 1. The van der Waals surface area contributed by atoms with Gasteiger partial charge >= 0.3 is 0 Å². The molecule has 45 heavy (non-hydrogen) atoms. The highest BCUT2D eigenvalue weighted by molar-refractivity contribution is 5.99. The molecule has 11 nitrogen and oxygen atoms in total. The van der Waals surface area contributed by atoms with Crippen LogP contribution in [0.1, 0.15) is 26.7 Å². The molecule has 1 atom stereocenters. The monoisotopic (exact) mass is 610 g/mol. The molecule has 0 aliphatic carbocycles. The van der Waals surface area contributed by atoms with E-state index in [9.17, 15) is 10.1 Å². The number of carbonyl (C=O) groups excluding carboxylic acids is 1. The zero-order chi connectivity index (χ0) is 31.7. The maximum atomic E-state index is 15.6. The SMILES string of the molecule is CN(C1COC1)C(C)(C)/C=C(/C#N)C(=O)N1CCC[C@H]1Cn1nc(-c2ccc(Oc3ccccc3)cc2F)c2c(N)ncnc21. The van der Waals surface area contributed by atoms with Crippen LogP contribution in [0, 0.1) is 17.1 Å². The van der Waals surface area contributed by atoms with Gasteiger partial charge in [-0.15, -0.1) is 0 Å². The van der Waals surface area contributed by atoms with E-state index in [1.807, 2.05) is 39.1 Å². The lowest BCUT2D eigenvalue weighted by molar-refractivity contribution is -0.127. The highest BCUT2D eigenvalue weighted by Gasteiger charge is 2.36. The second-order valence-electron chi connectivity index (χ2n) is 12.0. The third-order valence-corrected chi connectivity index (χ3v) is 8.68. The number of para-hydroxylation sites is 1. The number of rotatable bonds is 9. The molecule has 0 spiro atoms. The molecule has 2 fully saturated rings.